The van der Waals surface area contributed by atoms with Gasteiger partial charge in [0.25, 0.3) is 5.69 Å². The molecular formula is C14H13N3O3. The van der Waals surface area contributed by atoms with Gasteiger partial charge in [-0.1, -0.05) is 12.1 Å². The fourth-order valence-corrected chi connectivity index (χ4v) is 1.73. The monoisotopic (exact) mass is 271 g/mol. The molecule has 0 atom stereocenters. The van der Waals surface area contributed by atoms with Crippen LogP contribution in [-0.4, -0.2) is 10.8 Å². The Morgan fingerprint density at radius 3 is 2.25 bits per heavy atom. The van der Waals surface area contributed by atoms with Gasteiger partial charge in [-0.15, -0.1) is 0 Å². The number of nitrogens with one attached hydrogen (secondary N) is 2. The third kappa shape index (κ3) is 3.32. The number of hydrogen-bond acceptors (Lipinski definition) is 4. The Balaban J connectivity index is 2.18. The van der Waals surface area contributed by atoms with Gasteiger partial charge < -0.3 is 10.6 Å². The van der Waals surface area contributed by atoms with Crippen LogP contribution in [0.1, 0.15) is 6.92 Å². The molecule has 0 aromatic heterocycles. The molecule has 0 unspecified atom stereocenters. The molecule has 0 heterocycles. The summed E-state index contributed by atoms with van der Waals surface area (Å²) in [4.78, 5) is 21.4. The molecule has 0 bridgehead atoms. The van der Waals surface area contributed by atoms with E-state index in [1.54, 1.807) is 42.5 Å². The summed E-state index contributed by atoms with van der Waals surface area (Å²) in [7, 11) is 0. The highest BCUT2D eigenvalue weighted by molar-refractivity contribution is 5.88. The van der Waals surface area contributed by atoms with Crippen molar-refractivity contribution in [3.63, 3.8) is 0 Å². The number of rotatable bonds is 4. The van der Waals surface area contributed by atoms with Gasteiger partial charge in [-0.2, -0.15) is 0 Å². The largest absolute Gasteiger partial charge is 0.350 e. The second kappa shape index (κ2) is 5.83. The first-order valence-corrected chi connectivity index (χ1v) is 5.94. The van der Waals surface area contributed by atoms with E-state index in [-0.39, 0.29) is 11.6 Å². The second-order valence-corrected chi connectivity index (χ2v) is 4.16. The number of benzene rings is 2. The van der Waals surface area contributed by atoms with Crippen LogP contribution in [0, 0.1) is 10.1 Å². The Morgan fingerprint density at radius 1 is 1.05 bits per heavy atom. The molecule has 0 saturated carbocycles. The maximum Gasteiger partial charge on any atom is 0.292 e. The minimum atomic E-state index is -0.436. The van der Waals surface area contributed by atoms with Crippen LogP contribution in [0.2, 0.25) is 0 Å². The topological polar surface area (TPSA) is 84.3 Å². The van der Waals surface area contributed by atoms with E-state index in [0.29, 0.717) is 17.1 Å². The quantitative estimate of drug-likeness (QED) is 0.660. The predicted octanol–water partition coefficient (Wildman–Crippen LogP) is 3.30. The Morgan fingerprint density at radius 2 is 1.65 bits per heavy atom. The molecule has 20 heavy (non-hydrogen) atoms. The second-order valence-electron chi connectivity index (χ2n) is 4.16. The van der Waals surface area contributed by atoms with E-state index in [0.717, 1.165) is 0 Å². The van der Waals surface area contributed by atoms with E-state index in [4.69, 9.17) is 0 Å². The number of amides is 1. The molecule has 0 aliphatic heterocycles. The average molecular weight is 271 g/mol. The number of hydrogen-bond donors (Lipinski definition) is 2. The lowest BCUT2D eigenvalue weighted by atomic mass is 10.2. The van der Waals surface area contributed by atoms with E-state index < -0.39 is 4.92 Å². The van der Waals surface area contributed by atoms with Crippen molar-refractivity contribution in [1.29, 1.82) is 0 Å². The van der Waals surface area contributed by atoms with Crippen molar-refractivity contribution in [3.8, 4) is 0 Å². The maximum atomic E-state index is 10.9. The molecule has 0 aliphatic rings. The minimum Gasteiger partial charge on any atom is -0.350 e. The first-order chi connectivity index (χ1) is 9.56. The van der Waals surface area contributed by atoms with E-state index in [2.05, 4.69) is 10.6 Å². The molecule has 1 amide bonds. The number of nitro groups is 1. The van der Waals surface area contributed by atoms with Gasteiger partial charge in [-0.3, -0.25) is 14.9 Å². The van der Waals surface area contributed by atoms with Crippen LogP contribution in [0.3, 0.4) is 0 Å². The van der Waals surface area contributed by atoms with Gasteiger partial charge >= 0.3 is 0 Å². The molecule has 0 spiro atoms. The standard InChI is InChI=1S/C14H13N3O3/c1-10(18)15-11-6-8-12(9-7-11)16-13-4-2-3-5-14(13)17(19)20/h2-9,16H,1H3,(H,15,18). The Hall–Kier alpha value is -2.89. The van der Waals surface area contributed by atoms with Crippen molar-refractivity contribution < 1.29 is 9.72 Å². The van der Waals surface area contributed by atoms with Gasteiger partial charge in [-0.25, -0.2) is 0 Å². The van der Waals surface area contributed by atoms with E-state index in [1.807, 2.05) is 0 Å². The van der Waals surface area contributed by atoms with Gasteiger partial charge in [0, 0.05) is 24.4 Å². The fourth-order valence-electron chi connectivity index (χ4n) is 1.73. The third-order valence-electron chi connectivity index (χ3n) is 2.59. The molecule has 102 valence electrons. The highest BCUT2D eigenvalue weighted by Gasteiger charge is 2.11. The van der Waals surface area contributed by atoms with Gasteiger partial charge in [0.15, 0.2) is 0 Å². The molecule has 0 radical (unpaired) electrons. The predicted molar refractivity (Wildman–Crippen MR) is 77.1 cm³/mol. The molecule has 0 fully saturated rings. The molecule has 2 aromatic carbocycles. The zero-order valence-electron chi connectivity index (χ0n) is 10.8. The first kappa shape index (κ1) is 13.5. The van der Waals surface area contributed by atoms with E-state index in [9.17, 15) is 14.9 Å². The van der Waals surface area contributed by atoms with Crippen molar-refractivity contribution >= 4 is 28.7 Å². The van der Waals surface area contributed by atoms with E-state index in [1.165, 1.54) is 13.0 Å². The molecule has 0 aliphatic carbocycles. The van der Waals surface area contributed by atoms with Crippen molar-refractivity contribution in [1.82, 2.24) is 0 Å². The van der Waals surface area contributed by atoms with Crippen LogP contribution in [0.25, 0.3) is 0 Å². The number of carbonyl (C=O) groups excluding carboxylic acids is 1. The fraction of sp³-hybridized carbons (Fsp3) is 0.0714. The summed E-state index contributed by atoms with van der Waals surface area (Å²) in [6, 6.07) is 13.3. The van der Waals surface area contributed by atoms with Gasteiger partial charge in [-0.05, 0) is 30.3 Å². The van der Waals surface area contributed by atoms with E-state index >= 15 is 0 Å². The third-order valence-corrected chi connectivity index (χ3v) is 2.59. The summed E-state index contributed by atoms with van der Waals surface area (Å²) < 4.78 is 0. The summed E-state index contributed by atoms with van der Waals surface area (Å²) in [5.41, 5.74) is 1.81. The van der Waals surface area contributed by atoms with Crippen LogP contribution < -0.4 is 10.6 Å². The lowest BCUT2D eigenvalue weighted by molar-refractivity contribution is -0.383. The van der Waals surface area contributed by atoms with Crippen molar-refractivity contribution in [2.45, 2.75) is 6.92 Å². The maximum absolute atomic E-state index is 10.9. The van der Waals surface area contributed by atoms with Crippen molar-refractivity contribution in [2.24, 2.45) is 0 Å². The normalized spacial score (nSPS) is 9.85. The summed E-state index contributed by atoms with van der Waals surface area (Å²) in [6.45, 7) is 1.43. The van der Waals surface area contributed by atoms with Gasteiger partial charge in [0.05, 0.1) is 4.92 Å². The van der Waals surface area contributed by atoms with Crippen molar-refractivity contribution in [2.75, 3.05) is 10.6 Å². The molecule has 2 N–H and O–H groups in total. The van der Waals surface area contributed by atoms with Gasteiger partial charge in [0.1, 0.15) is 5.69 Å². The minimum absolute atomic E-state index is 0.0124. The highest BCUT2D eigenvalue weighted by Crippen LogP contribution is 2.27. The molecule has 6 nitrogen and oxygen atoms in total. The van der Waals surface area contributed by atoms with Crippen LogP contribution >= 0.6 is 0 Å². The zero-order valence-corrected chi connectivity index (χ0v) is 10.8. The average Bonchev–Trinajstić information content (AvgIpc) is 2.41. The van der Waals surface area contributed by atoms with Crippen LogP contribution in [0.15, 0.2) is 48.5 Å². The number of nitro benzene ring substituents is 1. The van der Waals surface area contributed by atoms with Crippen LogP contribution in [0.5, 0.6) is 0 Å². The SMILES string of the molecule is CC(=O)Nc1ccc(Nc2ccccc2[N+](=O)[O-])cc1. The zero-order chi connectivity index (χ0) is 14.5. The molecule has 0 saturated heterocycles. The number of anilines is 3. The first-order valence-electron chi connectivity index (χ1n) is 5.94. The number of nitrogens with zero attached hydrogens (tertiary/aromatic N) is 1. The Labute approximate surface area is 115 Å². The summed E-state index contributed by atoms with van der Waals surface area (Å²) in [5, 5.41) is 16.5. The Kier molecular flexibility index (Phi) is 3.95. The summed E-state index contributed by atoms with van der Waals surface area (Å²) in [5.74, 6) is -0.149. The van der Waals surface area contributed by atoms with Crippen LogP contribution in [0.4, 0.5) is 22.7 Å². The lowest BCUT2D eigenvalue weighted by Gasteiger charge is -2.08. The van der Waals surface area contributed by atoms with Gasteiger partial charge in [0.2, 0.25) is 5.91 Å². The van der Waals surface area contributed by atoms with Crippen molar-refractivity contribution in [3.05, 3.63) is 58.6 Å². The molecule has 2 rings (SSSR count). The molecular weight excluding hydrogens is 258 g/mol. The number of para-hydroxylation sites is 2. The smallest absolute Gasteiger partial charge is 0.292 e. The molecule has 2 aromatic rings. The Bertz CT molecular complexity index is 638. The number of carbonyl (C=O) groups is 1. The summed E-state index contributed by atoms with van der Waals surface area (Å²) >= 11 is 0. The van der Waals surface area contributed by atoms with Crippen LogP contribution in [-0.2, 0) is 4.79 Å². The lowest BCUT2D eigenvalue weighted by Crippen LogP contribution is -2.05. The molecule has 6 heteroatoms. The highest BCUT2D eigenvalue weighted by atomic mass is 16.6. The summed E-state index contributed by atoms with van der Waals surface area (Å²) in [6.07, 6.45) is 0.